The number of hydrogen-bond acceptors (Lipinski definition) is 9. The molecule has 3 aromatic rings. The summed E-state index contributed by atoms with van der Waals surface area (Å²) in [5, 5.41) is 26.6. The summed E-state index contributed by atoms with van der Waals surface area (Å²) in [5.41, 5.74) is 0.910. The van der Waals surface area contributed by atoms with Crippen LogP contribution in [0.25, 0.3) is 11.2 Å². The predicted octanol–water partition coefficient (Wildman–Crippen LogP) is 5.73. The fourth-order valence-corrected chi connectivity index (χ4v) is 9.73. The molecule has 3 N–H and O–H groups in total. The first-order valence-corrected chi connectivity index (χ1v) is 16.7. The van der Waals surface area contributed by atoms with Gasteiger partial charge in [-0.25, -0.2) is 4.98 Å². The van der Waals surface area contributed by atoms with E-state index in [9.17, 15) is 10.2 Å². The summed E-state index contributed by atoms with van der Waals surface area (Å²) in [5.74, 6) is 4.10. The Bertz CT molecular complexity index is 1430. The zero-order valence-electron chi connectivity index (χ0n) is 24.2. The highest BCUT2D eigenvalue weighted by Gasteiger charge is 2.71. The molecule has 4 aliphatic rings. The Kier molecular flexibility index (Phi) is 7.69. The lowest BCUT2D eigenvalue weighted by Crippen LogP contribution is -2.35. The summed E-state index contributed by atoms with van der Waals surface area (Å²) < 4.78 is 12.8. The quantitative estimate of drug-likeness (QED) is 0.195. The number of ether oxygens (including phenoxy) is 2. The Hall–Kier alpha value is -2.27. The van der Waals surface area contributed by atoms with E-state index in [4.69, 9.17) is 26.1 Å². The van der Waals surface area contributed by atoms with Crippen LogP contribution in [-0.2, 0) is 0 Å². The van der Waals surface area contributed by atoms with Crippen LogP contribution in [0.5, 0.6) is 11.5 Å². The molecule has 4 aliphatic carbocycles. The van der Waals surface area contributed by atoms with E-state index in [1.807, 2.05) is 22.8 Å². The molecule has 0 bridgehead atoms. The lowest BCUT2D eigenvalue weighted by molar-refractivity contribution is -0.0126. The number of aliphatic hydroxyl groups excluding tert-OH is 2. The molecule has 0 aliphatic heterocycles. The van der Waals surface area contributed by atoms with Crippen LogP contribution in [-0.4, -0.2) is 68.0 Å². The Morgan fingerprint density at radius 2 is 1.74 bits per heavy atom. The third-order valence-electron chi connectivity index (χ3n) is 10.5. The number of methoxy groups -OCH3 is 2. The average molecular weight is 614 g/mol. The number of aromatic nitrogens is 4. The summed E-state index contributed by atoms with van der Waals surface area (Å²) >= 11 is 8.19. The zero-order valence-corrected chi connectivity index (χ0v) is 25.8. The van der Waals surface area contributed by atoms with Gasteiger partial charge in [0.2, 0.25) is 5.28 Å². The number of hydrogen-bond donors (Lipinski definition) is 3. The molecule has 11 heteroatoms. The van der Waals surface area contributed by atoms with Crippen LogP contribution in [0.1, 0.15) is 63.8 Å². The third kappa shape index (κ3) is 4.82. The standard InChI is InChI=1S/C31H40ClN5O4S/c1-40-21-12-11-19(13-22(21)41-2)42-15-31-14-20(31)25(26(38)27(31)39)37-16-33-24-28(35-30(32)36-29(24)37)34-23(17-7-3-4-8-17)18-9-5-6-10-18/h11-13,16-18,20,23,25-27,38-39H,3-10,14-15H2,1-2H3,(H,34,35,36)/t20-,25-,26+,27+,31+/m1/s1. The summed E-state index contributed by atoms with van der Waals surface area (Å²) in [7, 11) is 3.24. The van der Waals surface area contributed by atoms with Crippen molar-refractivity contribution in [2.45, 2.75) is 87.0 Å². The second-order valence-electron chi connectivity index (χ2n) is 12.7. The van der Waals surface area contributed by atoms with Gasteiger partial charge in [-0.3, -0.25) is 0 Å². The maximum atomic E-state index is 11.3. The molecule has 2 aromatic heterocycles. The molecule has 0 unspecified atom stereocenters. The van der Waals surface area contributed by atoms with Gasteiger partial charge in [-0.1, -0.05) is 25.7 Å². The molecule has 9 nitrogen and oxygen atoms in total. The van der Waals surface area contributed by atoms with Crippen molar-refractivity contribution in [2.24, 2.45) is 23.2 Å². The number of halogens is 1. The molecular formula is C31H40ClN5O4S. The minimum Gasteiger partial charge on any atom is -0.493 e. The SMILES string of the molecule is COc1ccc(SC[C@@]23C[C@@H]2[C@@H](n2cnc4c(NC(C5CCCC5)C5CCCC5)nc(Cl)nc42)[C@H](O)[C@@H]3O)cc1OC. The van der Waals surface area contributed by atoms with E-state index in [1.165, 1.54) is 51.4 Å². The van der Waals surface area contributed by atoms with Crippen LogP contribution in [0.4, 0.5) is 5.82 Å². The molecule has 0 saturated heterocycles. The normalized spacial score (nSPS) is 29.5. The molecule has 4 saturated carbocycles. The average Bonchev–Trinajstić information content (AvgIpc) is 3.54. The van der Waals surface area contributed by atoms with E-state index in [0.29, 0.717) is 52.1 Å². The van der Waals surface area contributed by atoms with Gasteiger partial charge < -0.3 is 29.6 Å². The van der Waals surface area contributed by atoms with Crippen LogP contribution < -0.4 is 14.8 Å². The smallest absolute Gasteiger partial charge is 0.226 e. The van der Waals surface area contributed by atoms with Gasteiger partial charge >= 0.3 is 0 Å². The highest BCUT2D eigenvalue weighted by Crippen LogP contribution is 2.69. The number of anilines is 1. The zero-order chi connectivity index (χ0) is 29.0. The molecule has 0 spiro atoms. The molecular weight excluding hydrogens is 574 g/mol. The Balaban J connectivity index is 1.14. The Morgan fingerprint density at radius 1 is 1.05 bits per heavy atom. The molecule has 5 atom stereocenters. The second kappa shape index (κ2) is 11.3. The Labute approximate surface area is 255 Å². The van der Waals surface area contributed by atoms with E-state index in [-0.39, 0.29) is 22.7 Å². The van der Waals surface area contributed by atoms with Crippen molar-refractivity contribution in [2.75, 3.05) is 25.3 Å². The molecule has 2 heterocycles. The summed E-state index contributed by atoms with van der Waals surface area (Å²) in [4.78, 5) is 15.0. The number of benzene rings is 1. The maximum absolute atomic E-state index is 11.3. The van der Waals surface area contributed by atoms with Crippen LogP contribution in [0.2, 0.25) is 5.28 Å². The van der Waals surface area contributed by atoms with Crippen molar-refractivity contribution in [1.29, 1.82) is 0 Å². The van der Waals surface area contributed by atoms with Crippen molar-refractivity contribution in [3.63, 3.8) is 0 Å². The minimum atomic E-state index is -0.929. The van der Waals surface area contributed by atoms with Crippen molar-refractivity contribution in [1.82, 2.24) is 19.5 Å². The fraction of sp³-hybridized carbons (Fsp3) is 0.645. The first-order chi connectivity index (χ1) is 20.4. The lowest BCUT2D eigenvalue weighted by Gasteiger charge is -2.30. The topological polar surface area (TPSA) is 115 Å². The van der Waals surface area contributed by atoms with Gasteiger partial charge in [-0.2, -0.15) is 9.97 Å². The molecule has 42 heavy (non-hydrogen) atoms. The van der Waals surface area contributed by atoms with Crippen LogP contribution >= 0.6 is 23.4 Å². The number of aliphatic hydroxyl groups is 2. The monoisotopic (exact) mass is 613 g/mol. The predicted molar refractivity (Wildman–Crippen MR) is 164 cm³/mol. The second-order valence-corrected chi connectivity index (χ2v) is 14.1. The van der Waals surface area contributed by atoms with E-state index in [1.54, 1.807) is 32.3 Å². The van der Waals surface area contributed by atoms with Crippen LogP contribution in [0.3, 0.4) is 0 Å². The molecule has 7 rings (SSSR count). The minimum absolute atomic E-state index is 0.0995. The van der Waals surface area contributed by atoms with Gasteiger partial charge in [-0.15, -0.1) is 11.8 Å². The Morgan fingerprint density at radius 3 is 2.40 bits per heavy atom. The van der Waals surface area contributed by atoms with Crippen molar-refractivity contribution in [3.8, 4) is 11.5 Å². The van der Waals surface area contributed by atoms with Gasteiger partial charge in [0.15, 0.2) is 28.5 Å². The van der Waals surface area contributed by atoms with E-state index in [0.717, 1.165) is 11.3 Å². The number of rotatable bonds is 10. The van der Waals surface area contributed by atoms with Crippen molar-refractivity contribution < 1.29 is 19.7 Å². The first-order valence-electron chi connectivity index (χ1n) is 15.3. The fourth-order valence-electron chi connectivity index (χ4n) is 8.27. The number of fused-ring (bicyclic) bond motifs is 2. The highest BCUT2D eigenvalue weighted by molar-refractivity contribution is 7.99. The highest BCUT2D eigenvalue weighted by atomic mass is 35.5. The molecule has 226 valence electrons. The van der Waals surface area contributed by atoms with Gasteiger partial charge in [0.1, 0.15) is 6.10 Å². The summed E-state index contributed by atoms with van der Waals surface area (Å²) in [6.45, 7) is 0. The number of thioether (sulfide) groups is 1. The van der Waals surface area contributed by atoms with Gasteiger partial charge in [-0.05, 0) is 79.7 Å². The van der Waals surface area contributed by atoms with Crippen LogP contribution in [0, 0.1) is 23.2 Å². The van der Waals surface area contributed by atoms with E-state index in [2.05, 4.69) is 15.3 Å². The van der Waals surface area contributed by atoms with Crippen LogP contribution in [0.15, 0.2) is 29.4 Å². The molecule has 4 fully saturated rings. The van der Waals surface area contributed by atoms with E-state index < -0.39 is 12.2 Å². The summed E-state index contributed by atoms with van der Waals surface area (Å²) in [6.07, 6.45) is 11.0. The van der Waals surface area contributed by atoms with Gasteiger partial charge in [0, 0.05) is 22.1 Å². The van der Waals surface area contributed by atoms with Gasteiger partial charge in [0.05, 0.1) is 32.7 Å². The largest absolute Gasteiger partial charge is 0.493 e. The molecule has 1 aromatic carbocycles. The number of nitrogens with zero attached hydrogens (tertiary/aromatic N) is 4. The summed E-state index contributed by atoms with van der Waals surface area (Å²) in [6, 6.07) is 5.86. The van der Waals surface area contributed by atoms with Crippen molar-refractivity contribution in [3.05, 3.63) is 29.8 Å². The molecule has 0 radical (unpaired) electrons. The lowest BCUT2D eigenvalue weighted by atomic mass is 9.86. The number of nitrogens with one attached hydrogen (secondary N) is 1. The third-order valence-corrected chi connectivity index (χ3v) is 12.0. The van der Waals surface area contributed by atoms with Gasteiger partial charge in [0.25, 0.3) is 0 Å². The number of imidazole rings is 1. The van der Waals surface area contributed by atoms with Crippen molar-refractivity contribution >= 4 is 40.3 Å². The first kappa shape index (κ1) is 28.5. The molecule has 0 amide bonds. The van der Waals surface area contributed by atoms with E-state index >= 15 is 0 Å². The maximum Gasteiger partial charge on any atom is 0.226 e.